The van der Waals surface area contributed by atoms with Gasteiger partial charge in [-0.25, -0.2) is 4.39 Å². The average Bonchev–Trinajstić information content (AvgIpc) is 2.47. The van der Waals surface area contributed by atoms with Crippen LogP contribution in [-0.2, 0) is 0 Å². The van der Waals surface area contributed by atoms with Crippen molar-refractivity contribution in [1.82, 2.24) is 0 Å². The van der Waals surface area contributed by atoms with Crippen molar-refractivity contribution in [1.29, 1.82) is 0 Å². The summed E-state index contributed by atoms with van der Waals surface area (Å²) in [6, 6.07) is 5.29. The van der Waals surface area contributed by atoms with Gasteiger partial charge in [-0.1, -0.05) is 0 Å². The zero-order valence-electron chi connectivity index (χ0n) is 6.87. The summed E-state index contributed by atoms with van der Waals surface area (Å²) in [5.74, 6) is -0.0204. The zero-order chi connectivity index (χ0) is 9.42. The van der Waals surface area contributed by atoms with Crippen molar-refractivity contribution >= 4 is 34.1 Å². The highest BCUT2D eigenvalue weighted by Crippen LogP contribution is 2.34. The lowest BCUT2D eigenvalue weighted by Gasteiger charge is -2.00. The number of ether oxygens (including phenoxy) is 1. The summed E-state index contributed by atoms with van der Waals surface area (Å²) in [5, 5.41) is 0.869. The number of rotatable bonds is 1. The number of thiophene rings is 1. The predicted molar refractivity (Wildman–Crippen MR) is 55.6 cm³/mol. The van der Waals surface area contributed by atoms with E-state index in [4.69, 9.17) is 4.74 Å². The number of methoxy groups -OCH3 is 1. The van der Waals surface area contributed by atoms with Crippen LogP contribution in [0.3, 0.4) is 0 Å². The lowest BCUT2D eigenvalue weighted by atomic mass is 10.2. The molecule has 13 heavy (non-hydrogen) atoms. The van der Waals surface area contributed by atoms with E-state index in [9.17, 15) is 4.39 Å². The summed E-state index contributed by atoms with van der Waals surface area (Å²) in [5.41, 5.74) is 0. The Kier molecular flexibility index (Phi) is 2.17. The standard InChI is InChI=1S/C9H7FOS2/c1-11-6-3-2-5-4-7(12)13-9(5)8(6)10/h2-4,12H,1H3. The SMILES string of the molecule is COc1ccc2cc(S)sc2c1F. The molecule has 0 N–H and O–H groups in total. The van der Waals surface area contributed by atoms with Crippen molar-refractivity contribution in [2.24, 2.45) is 0 Å². The molecule has 0 saturated heterocycles. The molecule has 1 aromatic carbocycles. The topological polar surface area (TPSA) is 9.23 Å². The molecule has 0 unspecified atom stereocenters. The third-order valence-corrected chi connectivity index (χ3v) is 3.15. The van der Waals surface area contributed by atoms with Crippen LogP contribution < -0.4 is 4.74 Å². The van der Waals surface area contributed by atoms with Gasteiger partial charge in [-0.15, -0.1) is 24.0 Å². The van der Waals surface area contributed by atoms with Gasteiger partial charge in [0.2, 0.25) is 0 Å². The summed E-state index contributed by atoms with van der Waals surface area (Å²) >= 11 is 5.48. The Morgan fingerprint density at radius 2 is 2.23 bits per heavy atom. The van der Waals surface area contributed by atoms with Crippen molar-refractivity contribution < 1.29 is 9.13 Å². The van der Waals surface area contributed by atoms with E-state index in [-0.39, 0.29) is 11.6 Å². The molecular formula is C9H7FOS2. The fraction of sp³-hybridized carbons (Fsp3) is 0.111. The van der Waals surface area contributed by atoms with Crippen LogP contribution in [0.15, 0.2) is 22.4 Å². The Balaban J connectivity index is 2.78. The molecule has 68 valence electrons. The summed E-state index contributed by atoms with van der Waals surface area (Å²) in [6.07, 6.45) is 0. The third-order valence-electron chi connectivity index (χ3n) is 1.80. The molecule has 0 aliphatic heterocycles. The molecule has 0 aliphatic rings. The van der Waals surface area contributed by atoms with Crippen molar-refractivity contribution in [3.05, 3.63) is 24.0 Å². The molecule has 1 aromatic heterocycles. The van der Waals surface area contributed by atoms with Crippen molar-refractivity contribution in [3.8, 4) is 5.75 Å². The number of benzene rings is 1. The summed E-state index contributed by atoms with van der Waals surface area (Å²) in [4.78, 5) is 0. The molecule has 0 aliphatic carbocycles. The smallest absolute Gasteiger partial charge is 0.182 e. The molecule has 0 amide bonds. The molecule has 0 fully saturated rings. The molecule has 1 heterocycles. The van der Waals surface area contributed by atoms with Crippen LogP contribution in [0.5, 0.6) is 5.75 Å². The van der Waals surface area contributed by atoms with Gasteiger partial charge in [0.05, 0.1) is 16.0 Å². The van der Waals surface area contributed by atoms with Crippen molar-refractivity contribution in [2.75, 3.05) is 7.11 Å². The second kappa shape index (κ2) is 3.20. The van der Waals surface area contributed by atoms with Gasteiger partial charge in [-0.2, -0.15) is 0 Å². The Hall–Kier alpha value is -0.740. The quantitative estimate of drug-likeness (QED) is 0.716. The lowest BCUT2D eigenvalue weighted by molar-refractivity contribution is 0.389. The van der Waals surface area contributed by atoms with E-state index in [2.05, 4.69) is 12.6 Å². The van der Waals surface area contributed by atoms with Crippen LogP contribution in [0.1, 0.15) is 0 Å². The molecular weight excluding hydrogens is 207 g/mol. The molecule has 0 saturated carbocycles. The summed E-state index contributed by atoms with van der Waals surface area (Å²) < 4.78 is 19.8. The minimum absolute atomic E-state index is 0.280. The highest BCUT2D eigenvalue weighted by Gasteiger charge is 2.09. The largest absolute Gasteiger partial charge is 0.494 e. The second-order valence-corrected chi connectivity index (χ2v) is 4.42. The average molecular weight is 214 g/mol. The summed E-state index contributed by atoms with van der Waals surface area (Å²) in [7, 11) is 1.46. The monoisotopic (exact) mass is 214 g/mol. The number of hydrogen-bond acceptors (Lipinski definition) is 3. The van der Waals surface area contributed by atoms with E-state index < -0.39 is 0 Å². The van der Waals surface area contributed by atoms with E-state index in [1.807, 2.05) is 12.1 Å². The van der Waals surface area contributed by atoms with Gasteiger partial charge in [0.15, 0.2) is 11.6 Å². The Morgan fingerprint density at radius 1 is 1.46 bits per heavy atom. The molecule has 2 rings (SSSR count). The van der Waals surface area contributed by atoms with E-state index >= 15 is 0 Å². The Labute approximate surface area is 84.6 Å². The molecule has 4 heteroatoms. The highest BCUT2D eigenvalue weighted by molar-refractivity contribution is 7.83. The number of thiol groups is 1. The van der Waals surface area contributed by atoms with Gasteiger partial charge < -0.3 is 4.74 Å². The van der Waals surface area contributed by atoms with Crippen LogP contribution in [0, 0.1) is 5.82 Å². The van der Waals surface area contributed by atoms with Crippen molar-refractivity contribution in [2.45, 2.75) is 4.21 Å². The van der Waals surface area contributed by atoms with E-state index in [0.717, 1.165) is 9.60 Å². The Bertz CT molecular complexity index is 450. The first kappa shape index (κ1) is 8.84. The fourth-order valence-corrected chi connectivity index (χ4v) is 2.44. The maximum absolute atomic E-state index is 13.5. The van der Waals surface area contributed by atoms with Crippen LogP contribution in [0.25, 0.3) is 10.1 Å². The minimum atomic E-state index is -0.301. The maximum Gasteiger partial charge on any atom is 0.182 e. The van der Waals surface area contributed by atoms with Gasteiger partial charge in [-0.05, 0) is 23.6 Å². The lowest BCUT2D eigenvalue weighted by Crippen LogP contribution is -1.86. The van der Waals surface area contributed by atoms with Gasteiger partial charge in [0.25, 0.3) is 0 Å². The van der Waals surface area contributed by atoms with Crippen molar-refractivity contribution in [3.63, 3.8) is 0 Å². The maximum atomic E-state index is 13.5. The molecule has 0 spiro atoms. The van der Waals surface area contributed by atoms with E-state index in [0.29, 0.717) is 4.70 Å². The molecule has 0 atom stereocenters. The molecule has 2 aromatic rings. The number of hydrogen-bond donors (Lipinski definition) is 1. The second-order valence-electron chi connectivity index (χ2n) is 2.58. The van der Waals surface area contributed by atoms with E-state index in [1.54, 1.807) is 6.07 Å². The molecule has 0 bridgehead atoms. The summed E-state index contributed by atoms with van der Waals surface area (Å²) in [6.45, 7) is 0. The van der Waals surface area contributed by atoms with Crippen LogP contribution in [0.4, 0.5) is 4.39 Å². The fourth-order valence-electron chi connectivity index (χ4n) is 1.20. The predicted octanol–water partition coefficient (Wildman–Crippen LogP) is 3.34. The number of halogens is 1. The van der Waals surface area contributed by atoms with Crippen LogP contribution in [-0.4, -0.2) is 7.11 Å². The number of fused-ring (bicyclic) bond motifs is 1. The highest BCUT2D eigenvalue weighted by atomic mass is 32.2. The third kappa shape index (κ3) is 1.40. The molecule has 0 radical (unpaired) electrons. The van der Waals surface area contributed by atoms with Gasteiger partial charge >= 0.3 is 0 Å². The van der Waals surface area contributed by atoms with Gasteiger partial charge in [-0.3, -0.25) is 0 Å². The first-order chi connectivity index (χ1) is 6.22. The van der Waals surface area contributed by atoms with E-state index in [1.165, 1.54) is 18.4 Å². The Morgan fingerprint density at radius 3 is 2.92 bits per heavy atom. The zero-order valence-corrected chi connectivity index (χ0v) is 8.58. The van der Waals surface area contributed by atoms with Gasteiger partial charge in [0.1, 0.15) is 0 Å². The first-order valence-electron chi connectivity index (χ1n) is 3.67. The minimum Gasteiger partial charge on any atom is -0.494 e. The first-order valence-corrected chi connectivity index (χ1v) is 4.93. The molecule has 1 nitrogen and oxygen atoms in total. The normalized spacial score (nSPS) is 10.7. The van der Waals surface area contributed by atoms with Crippen LogP contribution >= 0.6 is 24.0 Å². The van der Waals surface area contributed by atoms with Gasteiger partial charge in [0, 0.05) is 0 Å². The van der Waals surface area contributed by atoms with Crippen LogP contribution in [0.2, 0.25) is 0 Å².